The summed E-state index contributed by atoms with van der Waals surface area (Å²) in [5.41, 5.74) is 4.14. The molecule has 2 N–H and O–H groups in total. The number of nitrogens with zero attached hydrogens (tertiary/aromatic N) is 1. The Balaban J connectivity index is 2.12. The molecule has 0 aliphatic carbocycles. The van der Waals surface area contributed by atoms with Gasteiger partial charge in [0.2, 0.25) is 0 Å². The SMILES string of the molecule is COc1ccc(/C(C)=N\NC(=O)[C@@H](O)c2ccccc2)c(OC)c1. The van der Waals surface area contributed by atoms with Crippen LogP contribution in [0.25, 0.3) is 0 Å². The first-order valence-electron chi connectivity index (χ1n) is 7.36. The number of methoxy groups -OCH3 is 2. The Kier molecular flexibility index (Phi) is 5.92. The minimum absolute atomic E-state index is 0.505. The number of benzene rings is 2. The molecule has 1 atom stereocenters. The number of hydrogen-bond acceptors (Lipinski definition) is 5. The predicted molar refractivity (Wildman–Crippen MR) is 91.3 cm³/mol. The van der Waals surface area contributed by atoms with E-state index in [-0.39, 0.29) is 0 Å². The van der Waals surface area contributed by atoms with Crippen LogP contribution in [-0.4, -0.2) is 30.9 Å². The highest BCUT2D eigenvalue weighted by Gasteiger charge is 2.17. The van der Waals surface area contributed by atoms with E-state index in [1.165, 1.54) is 0 Å². The van der Waals surface area contributed by atoms with Crippen molar-refractivity contribution in [3.05, 3.63) is 59.7 Å². The van der Waals surface area contributed by atoms with Crippen molar-refractivity contribution >= 4 is 11.6 Å². The number of carbonyl (C=O) groups is 1. The molecule has 0 fully saturated rings. The van der Waals surface area contributed by atoms with E-state index in [1.807, 2.05) is 6.07 Å². The van der Waals surface area contributed by atoms with E-state index >= 15 is 0 Å². The van der Waals surface area contributed by atoms with Gasteiger partial charge in [-0.05, 0) is 24.6 Å². The van der Waals surface area contributed by atoms with Gasteiger partial charge in [0.15, 0.2) is 6.10 Å². The van der Waals surface area contributed by atoms with Crippen molar-refractivity contribution in [3.8, 4) is 11.5 Å². The average Bonchev–Trinajstić information content (AvgIpc) is 2.65. The van der Waals surface area contributed by atoms with Gasteiger partial charge in [-0.2, -0.15) is 5.10 Å². The van der Waals surface area contributed by atoms with E-state index in [1.54, 1.807) is 63.6 Å². The van der Waals surface area contributed by atoms with Gasteiger partial charge in [-0.1, -0.05) is 30.3 Å². The zero-order chi connectivity index (χ0) is 17.5. The second-order valence-corrected chi connectivity index (χ2v) is 5.05. The molecule has 6 heteroatoms. The molecule has 0 unspecified atom stereocenters. The lowest BCUT2D eigenvalue weighted by molar-refractivity contribution is -0.129. The van der Waals surface area contributed by atoms with Crippen LogP contribution in [0.2, 0.25) is 0 Å². The third-order valence-electron chi connectivity index (χ3n) is 3.50. The molecular weight excluding hydrogens is 308 g/mol. The van der Waals surface area contributed by atoms with Crippen LogP contribution in [0.4, 0.5) is 0 Å². The molecule has 2 rings (SSSR count). The summed E-state index contributed by atoms with van der Waals surface area (Å²) in [6.45, 7) is 1.74. The Morgan fingerprint density at radius 2 is 1.83 bits per heavy atom. The maximum Gasteiger partial charge on any atom is 0.273 e. The summed E-state index contributed by atoms with van der Waals surface area (Å²) < 4.78 is 10.5. The zero-order valence-corrected chi connectivity index (χ0v) is 13.8. The molecule has 2 aromatic rings. The molecule has 0 aliphatic rings. The second-order valence-electron chi connectivity index (χ2n) is 5.05. The van der Waals surface area contributed by atoms with Gasteiger partial charge in [0, 0.05) is 11.6 Å². The molecule has 0 radical (unpaired) electrons. The average molecular weight is 328 g/mol. The first-order chi connectivity index (χ1) is 11.6. The summed E-state index contributed by atoms with van der Waals surface area (Å²) >= 11 is 0. The molecule has 0 aliphatic heterocycles. The summed E-state index contributed by atoms with van der Waals surface area (Å²) in [6.07, 6.45) is -1.28. The fourth-order valence-corrected chi connectivity index (χ4v) is 2.14. The van der Waals surface area contributed by atoms with Gasteiger partial charge < -0.3 is 14.6 Å². The largest absolute Gasteiger partial charge is 0.497 e. The molecule has 0 aromatic heterocycles. The van der Waals surface area contributed by atoms with Crippen LogP contribution >= 0.6 is 0 Å². The zero-order valence-electron chi connectivity index (χ0n) is 13.8. The van der Waals surface area contributed by atoms with E-state index in [9.17, 15) is 9.90 Å². The number of rotatable bonds is 6. The Morgan fingerprint density at radius 1 is 1.12 bits per heavy atom. The first-order valence-corrected chi connectivity index (χ1v) is 7.36. The van der Waals surface area contributed by atoms with Crippen molar-refractivity contribution in [2.75, 3.05) is 14.2 Å². The molecule has 6 nitrogen and oxygen atoms in total. The van der Waals surface area contributed by atoms with Crippen LogP contribution in [0.3, 0.4) is 0 Å². The van der Waals surface area contributed by atoms with E-state index in [0.29, 0.717) is 28.3 Å². The van der Waals surface area contributed by atoms with Crippen LogP contribution in [0.15, 0.2) is 53.6 Å². The third kappa shape index (κ3) is 4.11. The molecule has 0 saturated carbocycles. The molecule has 0 bridgehead atoms. The topological polar surface area (TPSA) is 80.2 Å². The summed E-state index contributed by atoms with van der Waals surface area (Å²) in [5.74, 6) is 0.633. The molecular formula is C18H20N2O4. The van der Waals surface area contributed by atoms with Gasteiger partial charge in [-0.15, -0.1) is 0 Å². The lowest BCUT2D eigenvalue weighted by Gasteiger charge is -2.12. The fraction of sp³-hybridized carbons (Fsp3) is 0.222. The molecule has 0 saturated heterocycles. The maximum absolute atomic E-state index is 12.0. The van der Waals surface area contributed by atoms with E-state index in [2.05, 4.69) is 10.5 Å². The van der Waals surface area contributed by atoms with Crippen LogP contribution < -0.4 is 14.9 Å². The van der Waals surface area contributed by atoms with E-state index in [4.69, 9.17) is 9.47 Å². The molecule has 126 valence electrons. The standard InChI is InChI=1S/C18H20N2O4/c1-12(15-10-9-14(23-2)11-16(15)24-3)19-20-18(22)17(21)13-7-5-4-6-8-13/h4-11,17,21H,1-3H3,(H,20,22)/b19-12-/t17-/m0/s1. The fourth-order valence-electron chi connectivity index (χ4n) is 2.14. The minimum Gasteiger partial charge on any atom is -0.497 e. The molecule has 0 spiro atoms. The van der Waals surface area contributed by atoms with Crippen molar-refractivity contribution in [2.45, 2.75) is 13.0 Å². The normalized spacial score (nSPS) is 12.4. The van der Waals surface area contributed by atoms with Crippen molar-refractivity contribution in [1.29, 1.82) is 0 Å². The van der Waals surface area contributed by atoms with Gasteiger partial charge in [-0.25, -0.2) is 5.43 Å². The van der Waals surface area contributed by atoms with Crippen molar-refractivity contribution < 1.29 is 19.4 Å². The van der Waals surface area contributed by atoms with Crippen LogP contribution in [-0.2, 0) is 4.79 Å². The van der Waals surface area contributed by atoms with Gasteiger partial charge >= 0.3 is 0 Å². The Bertz CT molecular complexity index is 729. The number of ether oxygens (including phenoxy) is 2. The van der Waals surface area contributed by atoms with Crippen molar-refractivity contribution in [1.82, 2.24) is 5.43 Å². The number of carbonyl (C=O) groups excluding carboxylic acids is 1. The van der Waals surface area contributed by atoms with E-state index < -0.39 is 12.0 Å². The van der Waals surface area contributed by atoms with Crippen LogP contribution in [0.1, 0.15) is 24.2 Å². The lowest BCUT2D eigenvalue weighted by atomic mass is 10.1. The molecule has 24 heavy (non-hydrogen) atoms. The highest BCUT2D eigenvalue weighted by Crippen LogP contribution is 2.25. The van der Waals surface area contributed by atoms with Crippen molar-refractivity contribution in [2.24, 2.45) is 5.10 Å². The number of hydrazone groups is 1. The van der Waals surface area contributed by atoms with Gasteiger partial charge in [-0.3, -0.25) is 4.79 Å². The summed E-state index contributed by atoms with van der Waals surface area (Å²) in [7, 11) is 3.11. The van der Waals surface area contributed by atoms with Crippen LogP contribution in [0, 0.1) is 0 Å². The highest BCUT2D eigenvalue weighted by atomic mass is 16.5. The Labute approximate surface area is 140 Å². The first kappa shape index (κ1) is 17.5. The maximum atomic E-state index is 12.0. The quantitative estimate of drug-likeness (QED) is 0.630. The summed E-state index contributed by atoms with van der Waals surface area (Å²) in [4.78, 5) is 12.0. The monoisotopic (exact) mass is 328 g/mol. The predicted octanol–water partition coefficient (Wildman–Crippen LogP) is 2.28. The highest BCUT2D eigenvalue weighted by molar-refractivity contribution is 6.01. The van der Waals surface area contributed by atoms with Gasteiger partial charge in [0.1, 0.15) is 11.5 Å². The number of aliphatic hydroxyl groups is 1. The third-order valence-corrected chi connectivity index (χ3v) is 3.50. The Morgan fingerprint density at radius 3 is 2.46 bits per heavy atom. The number of nitrogens with one attached hydrogen (secondary N) is 1. The molecule has 2 aromatic carbocycles. The second kappa shape index (κ2) is 8.12. The Hall–Kier alpha value is -2.86. The summed E-state index contributed by atoms with van der Waals surface area (Å²) in [6, 6.07) is 14.0. The van der Waals surface area contributed by atoms with Gasteiger partial charge in [0.05, 0.1) is 19.9 Å². The smallest absolute Gasteiger partial charge is 0.273 e. The van der Waals surface area contributed by atoms with E-state index in [0.717, 1.165) is 0 Å². The minimum atomic E-state index is -1.28. The van der Waals surface area contributed by atoms with Crippen molar-refractivity contribution in [3.63, 3.8) is 0 Å². The van der Waals surface area contributed by atoms with Gasteiger partial charge in [0.25, 0.3) is 5.91 Å². The molecule has 1 amide bonds. The molecule has 0 heterocycles. The number of aliphatic hydroxyl groups excluding tert-OH is 1. The lowest BCUT2D eigenvalue weighted by Crippen LogP contribution is -2.26. The summed E-state index contributed by atoms with van der Waals surface area (Å²) in [5, 5.41) is 14.1. The van der Waals surface area contributed by atoms with Crippen LogP contribution in [0.5, 0.6) is 11.5 Å². The number of hydrogen-bond donors (Lipinski definition) is 2. The number of amides is 1.